The van der Waals surface area contributed by atoms with Gasteiger partial charge in [-0.2, -0.15) is 0 Å². The summed E-state index contributed by atoms with van der Waals surface area (Å²) in [6.07, 6.45) is -0.803. The molecule has 0 bridgehead atoms. The van der Waals surface area contributed by atoms with Crippen molar-refractivity contribution in [1.82, 2.24) is 5.32 Å². The second-order valence-electron chi connectivity index (χ2n) is 5.64. The van der Waals surface area contributed by atoms with Gasteiger partial charge in [0, 0.05) is 12.1 Å². The first-order chi connectivity index (χ1) is 8.13. The Labute approximate surface area is 108 Å². The highest BCUT2D eigenvalue weighted by molar-refractivity contribution is 5.19. The first-order valence-corrected chi connectivity index (χ1v) is 6.04. The summed E-state index contributed by atoms with van der Waals surface area (Å²) in [7, 11) is 0. The van der Waals surface area contributed by atoms with E-state index in [9.17, 15) is 14.6 Å². The lowest BCUT2D eigenvalue weighted by atomic mass is 9.86. The molecule has 18 heavy (non-hydrogen) atoms. The third kappa shape index (κ3) is 3.77. The van der Waals surface area contributed by atoms with E-state index >= 15 is 0 Å². The van der Waals surface area contributed by atoms with E-state index in [1.807, 2.05) is 13.8 Å². The second-order valence-corrected chi connectivity index (χ2v) is 5.64. The average Bonchev–Trinajstić information content (AvgIpc) is 2.24. The molecule has 0 saturated heterocycles. The van der Waals surface area contributed by atoms with E-state index in [1.54, 1.807) is 26.0 Å². The molecule has 102 valence electrons. The molecule has 3 N–H and O–H groups in total. The molecule has 0 radical (unpaired) electrons. The van der Waals surface area contributed by atoms with Crippen molar-refractivity contribution in [2.24, 2.45) is 0 Å². The molecule has 1 rings (SSSR count). The summed E-state index contributed by atoms with van der Waals surface area (Å²) in [5.41, 5.74) is -0.954. The van der Waals surface area contributed by atoms with Crippen molar-refractivity contribution in [1.29, 1.82) is 0 Å². The van der Waals surface area contributed by atoms with Crippen molar-refractivity contribution in [3.63, 3.8) is 0 Å². The van der Waals surface area contributed by atoms with Gasteiger partial charge in [0.2, 0.25) is 0 Å². The molecule has 0 aliphatic heterocycles. The highest BCUT2D eigenvalue weighted by Crippen LogP contribution is 2.22. The predicted octanol–water partition coefficient (Wildman–Crippen LogP) is 2.00. The lowest BCUT2D eigenvalue weighted by molar-refractivity contribution is -0.00980. The largest absolute Gasteiger partial charge is 0.389 e. The highest BCUT2D eigenvalue weighted by Gasteiger charge is 2.34. The van der Waals surface area contributed by atoms with E-state index in [0.29, 0.717) is 5.56 Å². The lowest BCUT2D eigenvalue weighted by Crippen LogP contribution is -2.56. The van der Waals surface area contributed by atoms with Crippen LogP contribution in [0.4, 0.5) is 4.39 Å². The van der Waals surface area contributed by atoms with Gasteiger partial charge in [0.15, 0.2) is 0 Å². The minimum Gasteiger partial charge on any atom is -0.389 e. The number of halogens is 1. The van der Waals surface area contributed by atoms with Gasteiger partial charge >= 0.3 is 0 Å². The molecule has 0 fully saturated rings. The summed E-state index contributed by atoms with van der Waals surface area (Å²) in [5.74, 6) is -0.367. The average molecular weight is 255 g/mol. The van der Waals surface area contributed by atoms with Crippen LogP contribution < -0.4 is 5.32 Å². The number of nitrogens with one attached hydrogen (secondary N) is 1. The van der Waals surface area contributed by atoms with Crippen LogP contribution in [0.3, 0.4) is 0 Å². The number of hydrogen-bond donors (Lipinski definition) is 3. The van der Waals surface area contributed by atoms with E-state index in [4.69, 9.17) is 0 Å². The normalized spacial score (nSPS) is 14.6. The van der Waals surface area contributed by atoms with Gasteiger partial charge in [-0.15, -0.1) is 0 Å². The van der Waals surface area contributed by atoms with Crippen LogP contribution in [0.2, 0.25) is 0 Å². The second kappa shape index (κ2) is 5.34. The Balaban J connectivity index is 2.64. The summed E-state index contributed by atoms with van der Waals surface area (Å²) >= 11 is 0. The fourth-order valence-corrected chi connectivity index (χ4v) is 1.40. The zero-order valence-corrected chi connectivity index (χ0v) is 11.4. The Morgan fingerprint density at radius 1 is 1.28 bits per heavy atom. The molecule has 0 spiro atoms. The maximum atomic E-state index is 13.0. The van der Waals surface area contributed by atoms with Crippen LogP contribution in [0.15, 0.2) is 24.3 Å². The van der Waals surface area contributed by atoms with Crippen LogP contribution >= 0.6 is 0 Å². The van der Waals surface area contributed by atoms with Crippen molar-refractivity contribution < 1.29 is 14.6 Å². The maximum absolute atomic E-state index is 13.0. The van der Waals surface area contributed by atoms with Crippen LogP contribution in [0.5, 0.6) is 0 Å². The number of aliphatic hydroxyl groups is 2. The fourth-order valence-electron chi connectivity index (χ4n) is 1.40. The minimum atomic E-state index is -0.922. The topological polar surface area (TPSA) is 52.5 Å². The third-order valence-electron chi connectivity index (χ3n) is 3.50. The highest BCUT2D eigenvalue weighted by atomic mass is 19.1. The van der Waals surface area contributed by atoms with Crippen molar-refractivity contribution in [3.8, 4) is 0 Å². The molecule has 1 atom stereocenters. The molecular weight excluding hydrogens is 233 g/mol. The molecule has 1 aromatic carbocycles. The van der Waals surface area contributed by atoms with E-state index in [-0.39, 0.29) is 12.4 Å². The van der Waals surface area contributed by atoms with Gasteiger partial charge in [-0.05, 0) is 45.4 Å². The van der Waals surface area contributed by atoms with Gasteiger partial charge < -0.3 is 15.5 Å². The van der Waals surface area contributed by atoms with Gasteiger partial charge in [-0.25, -0.2) is 4.39 Å². The van der Waals surface area contributed by atoms with Crippen LogP contribution in [0.1, 0.15) is 39.4 Å². The predicted molar refractivity (Wildman–Crippen MR) is 69.7 cm³/mol. The Bertz CT molecular complexity index is 399. The van der Waals surface area contributed by atoms with Crippen molar-refractivity contribution in [2.75, 3.05) is 6.54 Å². The van der Waals surface area contributed by atoms with Gasteiger partial charge in [0.25, 0.3) is 0 Å². The lowest BCUT2D eigenvalue weighted by Gasteiger charge is -2.38. The quantitative estimate of drug-likeness (QED) is 0.754. The summed E-state index contributed by atoms with van der Waals surface area (Å²) in [6, 6.07) is 5.88. The van der Waals surface area contributed by atoms with Crippen molar-refractivity contribution in [2.45, 2.75) is 44.9 Å². The zero-order chi connectivity index (χ0) is 14.0. The minimum absolute atomic E-state index is 0.250. The summed E-state index contributed by atoms with van der Waals surface area (Å²) < 4.78 is 13.0. The van der Waals surface area contributed by atoms with Gasteiger partial charge in [-0.3, -0.25) is 0 Å². The summed E-state index contributed by atoms with van der Waals surface area (Å²) in [4.78, 5) is 0. The molecule has 3 nitrogen and oxygen atoms in total. The molecule has 0 aliphatic rings. The van der Waals surface area contributed by atoms with E-state index in [2.05, 4.69) is 5.32 Å². The first kappa shape index (κ1) is 15.1. The van der Waals surface area contributed by atoms with Crippen molar-refractivity contribution in [3.05, 3.63) is 35.6 Å². The zero-order valence-electron chi connectivity index (χ0n) is 11.4. The SMILES string of the molecule is CC(C)(O)C(C)(C)NCC(O)c1cccc(F)c1. The van der Waals surface area contributed by atoms with E-state index in [1.165, 1.54) is 12.1 Å². The van der Waals surface area contributed by atoms with Gasteiger partial charge in [-0.1, -0.05) is 12.1 Å². The monoisotopic (exact) mass is 255 g/mol. The molecule has 4 heteroatoms. The Morgan fingerprint density at radius 3 is 2.39 bits per heavy atom. The number of β-amino-alcohol motifs (C(OH)–C–C–N with tert-alkyl or cyclic N) is 1. The Morgan fingerprint density at radius 2 is 1.89 bits per heavy atom. The summed E-state index contributed by atoms with van der Waals surface area (Å²) in [6.45, 7) is 7.36. The maximum Gasteiger partial charge on any atom is 0.123 e. The van der Waals surface area contributed by atoms with Gasteiger partial charge in [0.05, 0.1) is 11.7 Å². The first-order valence-electron chi connectivity index (χ1n) is 6.04. The number of hydrogen-bond acceptors (Lipinski definition) is 3. The van der Waals surface area contributed by atoms with Crippen LogP contribution in [-0.4, -0.2) is 27.9 Å². The molecule has 0 aliphatic carbocycles. The fraction of sp³-hybridized carbons (Fsp3) is 0.571. The molecule has 1 unspecified atom stereocenters. The standard InChI is InChI=1S/C14H22FNO2/c1-13(2,14(3,4)18)16-9-12(17)10-6-5-7-11(15)8-10/h5-8,12,16-18H,9H2,1-4H3. The molecular formula is C14H22FNO2. The van der Waals surface area contributed by atoms with Crippen LogP contribution in [0, 0.1) is 5.82 Å². The van der Waals surface area contributed by atoms with Crippen LogP contribution in [0.25, 0.3) is 0 Å². The Hall–Kier alpha value is -0.970. The van der Waals surface area contributed by atoms with Crippen LogP contribution in [-0.2, 0) is 0 Å². The number of aliphatic hydroxyl groups excluding tert-OH is 1. The van der Waals surface area contributed by atoms with E-state index in [0.717, 1.165) is 0 Å². The molecule has 1 aromatic rings. The molecule has 0 amide bonds. The Kier molecular flexibility index (Phi) is 4.48. The van der Waals surface area contributed by atoms with E-state index < -0.39 is 17.2 Å². The molecule has 0 aromatic heterocycles. The number of rotatable bonds is 5. The van der Waals surface area contributed by atoms with Crippen molar-refractivity contribution >= 4 is 0 Å². The molecule has 0 saturated carbocycles. The summed E-state index contributed by atoms with van der Waals surface area (Å²) in [5, 5.41) is 23.0. The van der Waals surface area contributed by atoms with Gasteiger partial charge in [0.1, 0.15) is 5.82 Å². The third-order valence-corrected chi connectivity index (χ3v) is 3.50. The molecule has 0 heterocycles. The number of benzene rings is 1. The smallest absolute Gasteiger partial charge is 0.123 e.